The van der Waals surface area contributed by atoms with Crippen molar-refractivity contribution in [2.45, 2.75) is 72.2 Å². The number of H-pyrrole nitrogens is 1. The average Bonchev–Trinajstić information content (AvgIpc) is 3.48. The van der Waals surface area contributed by atoms with Gasteiger partial charge in [-0.3, -0.25) is 14.5 Å². The lowest BCUT2D eigenvalue weighted by Crippen LogP contribution is -2.38. The van der Waals surface area contributed by atoms with Gasteiger partial charge >= 0.3 is 5.97 Å². The first-order valence-electron chi connectivity index (χ1n) is 12.3. The lowest BCUT2D eigenvalue weighted by atomic mass is 10.0. The number of hydrogen-bond acceptors (Lipinski definition) is 8. The molecular formula is C25H34N6O4. The minimum absolute atomic E-state index is 0.0600. The molecule has 2 unspecified atom stereocenters. The van der Waals surface area contributed by atoms with Crippen LogP contribution in [0, 0.1) is 13.8 Å². The van der Waals surface area contributed by atoms with E-state index in [1.807, 2.05) is 19.9 Å². The number of aryl methyl sites for hydroxylation is 2. The molecule has 1 aromatic carbocycles. The summed E-state index contributed by atoms with van der Waals surface area (Å²) in [5.41, 5.74) is 3.62. The largest absolute Gasteiger partial charge is 0.465 e. The first-order chi connectivity index (χ1) is 16.9. The molecule has 1 saturated heterocycles. The quantitative estimate of drug-likeness (QED) is 0.439. The molecule has 1 N–H and O–H groups in total. The number of ether oxygens (including phenoxy) is 2. The summed E-state index contributed by atoms with van der Waals surface area (Å²) >= 11 is 0. The lowest BCUT2D eigenvalue weighted by molar-refractivity contribution is -0.144. The van der Waals surface area contributed by atoms with Crippen molar-refractivity contribution in [3.63, 3.8) is 0 Å². The number of aromatic nitrogens is 5. The van der Waals surface area contributed by atoms with Gasteiger partial charge in [-0.15, -0.1) is 5.10 Å². The molecule has 10 heteroatoms. The van der Waals surface area contributed by atoms with Crippen LogP contribution in [0.5, 0.6) is 0 Å². The maximum atomic E-state index is 13.1. The van der Waals surface area contributed by atoms with Gasteiger partial charge in [0.2, 0.25) is 0 Å². The molecule has 1 aliphatic rings. The van der Waals surface area contributed by atoms with E-state index in [1.165, 1.54) is 4.68 Å². The predicted octanol–water partition coefficient (Wildman–Crippen LogP) is 2.83. The fourth-order valence-electron chi connectivity index (χ4n) is 4.92. The number of carbonyl (C=O) groups is 1. The number of carbonyl (C=O) groups excluding carboxylic acids is 1. The first kappa shape index (κ1) is 25.0. The number of nitrogens with one attached hydrogen (secondary N) is 1. The maximum absolute atomic E-state index is 13.1. The van der Waals surface area contributed by atoms with E-state index in [9.17, 15) is 9.59 Å². The van der Waals surface area contributed by atoms with Gasteiger partial charge < -0.3 is 14.5 Å². The fraction of sp³-hybridized carbons (Fsp3) is 0.560. The van der Waals surface area contributed by atoms with Gasteiger partial charge in [-0.25, -0.2) is 4.68 Å². The van der Waals surface area contributed by atoms with Crippen LogP contribution in [0.4, 0.5) is 0 Å². The van der Waals surface area contributed by atoms with Crippen LogP contribution >= 0.6 is 0 Å². The molecule has 0 radical (unpaired) electrons. The highest BCUT2D eigenvalue weighted by Crippen LogP contribution is 2.27. The van der Waals surface area contributed by atoms with Crippen molar-refractivity contribution in [2.24, 2.45) is 0 Å². The monoisotopic (exact) mass is 482 g/mol. The molecule has 0 amide bonds. The molecular weight excluding hydrogens is 448 g/mol. The van der Waals surface area contributed by atoms with Gasteiger partial charge in [0, 0.05) is 25.3 Å². The molecule has 10 nitrogen and oxygen atoms in total. The van der Waals surface area contributed by atoms with Gasteiger partial charge in [0.15, 0.2) is 5.82 Å². The molecule has 0 saturated carbocycles. The van der Waals surface area contributed by atoms with Crippen LogP contribution in [-0.4, -0.2) is 61.9 Å². The minimum Gasteiger partial charge on any atom is -0.465 e. The third kappa shape index (κ3) is 5.76. The highest BCUT2D eigenvalue weighted by molar-refractivity contribution is 5.82. The highest BCUT2D eigenvalue weighted by atomic mass is 16.5. The molecule has 0 bridgehead atoms. The van der Waals surface area contributed by atoms with Crippen molar-refractivity contribution < 1.29 is 14.3 Å². The number of nitrogens with zero attached hydrogens (tertiary/aromatic N) is 5. The van der Waals surface area contributed by atoms with Gasteiger partial charge in [0.1, 0.15) is 6.54 Å². The average molecular weight is 483 g/mol. The second kappa shape index (κ2) is 11.1. The Morgan fingerprint density at radius 3 is 2.86 bits per heavy atom. The smallest absolute Gasteiger partial charge is 0.327 e. The topological polar surface area (TPSA) is 115 Å². The molecule has 0 aliphatic carbocycles. The van der Waals surface area contributed by atoms with Gasteiger partial charge in [-0.2, -0.15) is 0 Å². The summed E-state index contributed by atoms with van der Waals surface area (Å²) in [5.74, 6) is 0.181. The number of pyridine rings is 1. The maximum Gasteiger partial charge on any atom is 0.327 e. The Balaban J connectivity index is 1.68. The van der Waals surface area contributed by atoms with Gasteiger partial charge in [-0.1, -0.05) is 18.6 Å². The minimum atomic E-state index is -0.390. The van der Waals surface area contributed by atoms with E-state index in [-0.39, 0.29) is 24.2 Å². The number of aromatic amines is 1. The summed E-state index contributed by atoms with van der Waals surface area (Å²) in [5, 5.41) is 13.1. The van der Waals surface area contributed by atoms with E-state index < -0.39 is 5.97 Å². The highest BCUT2D eigenvalue weighted by Gasteiger charge is 2.30. The SMILES string of the molecule is CCOC(=O)Cn1nnnc1C(CC)N(Cc1cc2cc(C)cc(C)c2[nH]c1=O)CC1CCCO1. The summed E-state index contributed by atoms with van der Waals surface area (Å²) < 4.78 is 12.5. The van der Waals surface area contributed by atoms with Crippen molar-refractivity contribution in [3.05, 3.63) is 51.1 Å². The summed E-state index contributed by atoms with van der Waals surface area (Å²) in [4.78, 5) is 30.5. The number of esters is 1. The summed E-state index contributed by atoms with van der Waals surface area (Å²) in [7, 11) is 0. The van der Waals surface area contributed by atoms with Gasteiger partial charge in [-0.05, 0) is 73.5 Å². The number of tetrazole rings is 1. The summed E-state index contributed by atoms with van der Waals surface area (Å²) in [6.07, 6.45) is 2.75. The standard InChI is InChI=1S/C25H34N6O4/c1-5-21(24-27-28-29-31(24)15-22(32)34-6-2)30(14-20-8-7-9-35-20)13-19-12-18-11-16(3)10-17(4)23(18)26-25(19)33/h10-12,20-21H,5-9,13-15H2,1-4H3,(H,26,33). The van der Waals surface area contributed by atoms with Crippen molar-refractivity contribution in [3.8, 4) is 0 Å². The zero-order valence-corrected chi connectivity index (χ0v) is 20.9. The molecule has 0 spiro atoms. The van der Waals surface area contributed by atoms with Crippen molar-refractivity contribution in [1.82, 2.24) is 30.1 Å². The van der Waals surface area contributed by atoms with Gasteiger partial charge in [0.25, 0.3) is 5.56 Å². The third-order valence-corrected chi connectivity index (χ3v) is 6.48. The molecule has 1 fully saturated rings. The van der Waals surface area contributed by atoms with E-state index in [1.54, 1.807) is 6.92 Å². The Morgan fingerprint density at radius 2 is 2.14 bits per heavy atom. The Labute approximate surface area is 204 Å². The van der Waals surface area contributed by atoms with Crippen LogP contribution in [0.15, 0.2) is 23.0 Å². The van der Waals surface area contributed by atoms with Crippen LogP contribution < -0.4 is 5.56 Å². The van der Waals surface area contributed by atoms with Crippen molar-refractivity contribution >= 4 is 16.9 Å². The van der Waals surface area contributed by atoms with Crippen molar-refractivity contribution in [1.29, 1.82) is 0 Å². The normalized spacial score (nSPS) is 16.8. The number of rotatable bonds is 10. The Hall–Kier alpha value is -3.11. The van der Waals surface area contributed by atoms with Crippen molar-refractivity contribution in [2.75, 3.05) is 19.8 Å². The summed E-state index contributed by atoms with van der Waals surface area (Å²) in [6.45, 7) is 9.89. The number of benzene rings is 1. The van der Waals surface area contributed by atoms with Crippen LogP contribution in [-0.2, 0) is 27.4 Å². The van der Waals surface area contributed by atoms with E-state index in [0.29, 0.717) is 37.5 Å². The van der Waals surface area contributed by atoms with Crippen LogP contribution in [0.1, 0.15) is 61.7 Å². The van der Waals surface area contributed by atoms with E-state index >= 15 is 0 Å². The molecule has 4 rings (SSSR count). The fourth-order valence-corrected chi connectivity index (χ4v) is 4.92. The van der Waals surface area contributed by atoms with Crippen LogP contribution in [0.3, 0.4) is 0 Å². The first-order valence-corrected chi connectivity index (χ1v) is 12.3. The molecule has 3 heterocycles. The molecule has 2 atom stereocenters. The Kier molecular flexibility index (Phi) is 7.92. The number of hydrogen-bond donors (Lipinski definition) is 1. The van der Waals surface area contributed by atoms with Gasteiger partial charge in [0.05, 0.1) is 24.3 Å². The zero-order chi connectivity index (χ0) is 24.9. The molecule has 3 aromatic rings. The summed E-state index contributed by atoms with van der Waals surface area (Å²) in [6, 6.07) is 5.92. The predicted molar refractivity (Wildman–Crippen MR) is 131 cm³/mol. The Bertz CT molecular complexity index is 1230. The molecule has 1 aliphatic heterocycles. The van der Waals surface area contributed by atoms with Crippen LogP contribution in [0.25, 0.3) is 10.9 Å². The lowest BCUT2D eigenvalue weighted by Gasteiger charge is -2.32. The second-order valence-corrected chi connectivity index (χ2v) is 9.16. The molecule has 2 aromatic heterocycles. The number of fused-ring (bicyclic) bond motifs is 1. The zero-order valence-electron chi connectivity index (χ0n) is 20.9. The second-order valence-electron chi connectivity index (χ2n) is 9.16. The van der Waals surface area contributed by atoms with E-state index in [2.05, 4.69) is 44.5 Å². The third-order valence-electron chi connectivity index (χ3n) is 6.48. The van der Waals surface area contributed by atoms with E-state index in [4.69, 9.17) is 9.47 Å². The van der Waals surface area contributed by atoms with E-state index in [0.717, 1.165) is 41.5 Å². The molecule has 35 heavy (non-hydrogen) atoms. The molecule has 188 valence electrons. The Morgan fingerprint density at radius 1 is 1.31 bits per heavy atom. The van der Waals surface area contributed by atoms with Crippen LogP contribution in [0.2, 0.25) is 0 Å².